The zero-order valence-electron chi connectivity index (χ0n) is 15.9. The first-order chi connectivity index (χ1) is 13.6. The van der Waals surface area contributed by atoms with Crippen molar-refractivity contribution in [1.29, 1.82) is 0 Å². The van der Waals surface area contributed by atoms with E-state index in [1.807, 2.05) is 6.92 Å². The van der Waals surface area contributed by atoms with E-state index in [-0.39, 0.29) is 17.1 Å². The quantitative estimate of drug-likeness (QED) is 0.162. The van der Waals surface area contributed by atoms with Crippen molar-refractivity contribution in [2.45, 2.75) is 44.3 Å². The van der Waals surface area contributed by atoms with Crippen molar-refractivity contribution in [2.75, 3.05) is 18.5 Å². The molecule has 0 radical (unpaired) electrons. The minimum Gasteiger partial charge on any atom is -0.387 e. The molecule has 0 bridgehead atoms. The van der Waals surface area contributed by atoms with E-state index in [1.54, 1.807) is 7.05 Å². The molecule has 2 aromatic rings. The number of hydrogen-bond donors (Lipinski definition) is 6. The highest BCUT2D eigenvalue weighted by Gasteiger charge is 2.47. The molecule has 0 unspecified atom stereocenters. The van der Waals surface area contributed by atoms with Gasteiger partial charge in [0.2, 0.25) is 11.7 Å². The van der Waals surface area contributed by atoms with E-state index in [4.69, 9.17) is 14.5 Å². The summed E-state index contributed by atoms with van der Waals surface area (Å²) in [6.07, 6.45) is -1.90. The fourth-order valence-corrected chi connectivity index (χ4v) is 3.51. The van der Waals surface area contributed by atoms with E-state index in [0.29, 0.717) is 6.54 Å². The number of unbranched alkanes of at least 4 members (excludes halogenated alkanes) is 1. The molecule has 1 aliphatic rings. The van der Waals surface area contributed by atoms with E-state index < -0.39 is 44.5 Å². The summed E-state index contributed by atoms with van der Waals surface area (Å²) in [5.41, 5.74) is 0.0407. The van der Waals surface area contributed by atoms with Gasteiger partial charge in [0.05, 0.1) is 13.7 Å². The summed E-state index contributed by atoms with van der Waals surface area (Å²) < 4.78 is 23.7. The number of aryl methyl sites for hydroxylation is 1. The maximum Gasteiger partial charge on any atom is 0.469 e. The monoisotopic (exact) mass is 434 g/mol. The molecule has 29 heavy (non-hydrogen) atoms. The first-order valence-electron chi connectivity index (χ1n) is 9.08. The Morgan fingerprint density at radius 2 is 2.14 bits per heavy atom. The third kappa shape index (κ3) is 4.67. The third-order valence-electron chi connectivity index (χ3n) is 4.61. The average molecular weight is 434 g/mol. The molecular weight excluding hydrogens is 409 g/mol. The van der Waals surface area contributed by atoms with Crippen LogP contribution in [0.1, 0.15) is 26.0 Å². The zero-order chi connectivity index (χ0) is 21.3. The second kappa shape index (κ2) is 8.48. The Bertz CT molecular complexity index is 972. The fourth-order valence-electron chi connectivity index (χ4n) is 3.17. The molecule has 3 rings (SSSR count). The summed E-state index contributed by atoms with van der Waals surface area (Å²) in [6, 6.07) is 0. The fraction of sp³-hybridized carbons (Fsp3) is 0.667. The highest BCUT2D eigenvalue weighted by atomic mass is 31.2. The number of anilines is 1. The van der Waals surface area contributed by atoms with Crippen LogP contribution in [0.25, 0.3) is 11.2 Å². The lowest BCUT2D eigenvalue weighted by Crippen LogP contribution is -2.46. The van der Waals surface area contributed by atoms with Gasteiger partial charge in [-0.05, 0) is 6.42 Å². The van der Waals surface area contributed by atoms with Crippen LogP contribution in [-0.2, 0) is 20.9 Å². The second-order valence-corrected chi connectivity index (χ2v) is 8.07. The van der Waals surface area contributed by atoms with Crippen molar-refractivity contribution in [1.82, 2.24) is 14.5 Å². The Labute approximate surface area is 165 Å². The standard InChI is InChI=1S/C15H24N5O8P/c1-3-4-5-16-15-17-12-9(13(23)18-15)19(2)7-20(12)14-11(22)10(21)8(28-14)6-27-29(24,25)26/h7-8,10-11,14,21-22H,3-6H2,1-2H3,(H3-,16,17,18,23,24,25,26)/p+1/t8-,10-,11-,14-/m1/s1. The number of phosphoric acid groups is 1. The maximum atomic E-state index is 12.5. The van der Waals surface area contributed by atoms with Gasteiger partial charge in [-0.2, -0.15) is 0 Å². The van der Waals surface area contributed by atoms with Gasteiger partial charge in [0, 0.05) is 6.54 Å². The van der Waals surface area contributed by atoms with Gasteiger partial charge in [-0.1, -0.05) is 18.3 Å². The topological polar surface area (TPSA) is 183 Å². The Morgan fingerprint density at radius 3 is 2.79 bits per heavy atom. The van der Waals surface area contributed by atoms with E-state index >= 15 is 0 Å². The molecule has 0 aliphatic carbocycles. The van der Waals surface area contributed by atoms with Crippen LogP contribution in [0.5, 0.6) is 0 Å². The van der Waals surface area contributed by atoms with Crippen LogP contribution in [0.3, 0.4) is 0 Å². The van der Waals surface area contributed by atoms with Crippen LogP contribution < -0.4 is 15.4 Å². The van der Waals surface area contributed by atoms with E-state index in [1.165, 1.54) is 15.5 Å². The Morgan fingerprint density at radius 1 is 1.41 bits per heavy atom. The zero-order valence-corrected chi connectivity index (χ0v) is 16.8. The van der Waals surface area contributed by atoms with Crippen LogP contribution in [-0.4, -0.2) is 66.0 Å². The molecule has 0 amide bonds. The van der Waals surface area contributed by atoms with Gasteiger partial charge in [-0.3, -0.25) is 18.9 Å². The number of imidazole rings is 1. The Hall–Kier alpha value is -1.86. The lowest BCUT2D eigenvalue weighted by atomic mass is 10.1. The number of rotatable bonds is 8. The molecule has 3 heterocycles. The number of fused-ring (bicyclic) bond motifs is 1. The number of aromatic amines is 1. The Kier molecular flexibility index (Phi) is 6.39. The average Bonchev–Trinajstić information content (AvgIpc) is 3.11. The first kappa shape index (κ1) is 21.8. The van der Waals surface area contributed by atoms with Gasteiger partial charge in [0.25, 0.3) is 11.5 Å². The molecule has 0 spiro atoms. The van der Waals surface area contributed by atoms with E-state index in [9.17, 15) is 19.6 Å². The second-order valence-electron chi connectivity index (χ2n) is 6.83. The number of phosphoric ester groups is 1. The molecule has 0 aromatic carbocycles. The molecule has 1 aliphatic heterocycles. The van der Waals surface area contributed by atoms with Crippen molar-refractivity contribution in [3.63, 3.8) is 0 Å². The van der Waals surface area contributed by atoms with E-state index in [0.717, 1.165) is 12.8 Å². The maximum absolute atomic E-state index is 12.5. The van der Waals surface area contributed by atoms with Gasteiger partial charge in [-0.15, -0.1) is 0 Å². The number of aliphatic hydroxyl groups excluding tert-OH is 2. The summed E-state index contributed by atoms with van der Waals surface area (Å²) in [6.45, 7) is 2.02. The lowest BCUT2D eigenvalue weighted by molar-refractivity contribution is -0.745. The van der Waals surface area contributed by atoms with Crippen molar-refractivity contribution >= 4 is 24.9 Å². The summed E-state index contributed by atoms with van der Waals surface area (Å²) >= 11 is 0. The molecule has 4 atom stereocenters. The summed E-state index contributed by atoms with van der Waals surface area (Å²) in [5.74, 6) is 0.255. The van der Waals surface area contributed by atoms with Crippen LogP contribution in [0.2, 0.25) is 0 Å². The largest absolute Gasteiger partial charge is 0.469 e. The predicted octanol–water partition coefficient (Wildman–Crippen LogP) is -1.51. The van der Waals surface area contributed by atoms with Gasteiger partial charge in [-0.25, -0.2) is 9.13 Å². The molecule has 1 fully saturated rings. The van der Waals surface area contributed by atoms with Gasteiger partial charge >= 0.3 is 13.5 Å². The van der Waals surface area contributed by atoms with Crippen LogP contribution in [0, 0.1) is 0 Å². The number of H-pyrrole nitrogens is 1. The van der Waals surface area contributed by atoms with Crippen LogP contribution >= 0.6 is 7.82 Å². The summed E-state index contributed by atoms with van der Waals surface area (Å²) in [5, 5.41) is 23.6. The molecule has 14 heteroatoms. The number of aliphatic hydroxyl groups is 2. The van der Waals surface area contributed by atoms with Crippen LogP contribution in [0.15, 0.2) is 11.1 Å². The van der Waals surface area contributed by atoms with Gasteiger partial charge in [0.1, 0.15) is 18.3 Å². The third-order valence-corrected chi connectivity index (χ3v) is 5.10. The van der Waals surface area contributed by atoms with Crippen LogP contribution in [0.4, 0.5) is 5.95 Å². The summed E-state index contributed by atoms with van der Waals surface area (Å²) in [7, 11) is -3.15. The SMILES string of the molecule is CCCCNc1nc2c(c(=O)[nH]1)n(C)c[n+]2[C@@H]1O[C@H](COP(=O)(O)O)[C@@H](O)[C@H]1O. The summed E-state index contributed by atoms with van der Waals surface area (Å²) in [4.78, 5) is 37.2. The molecule has 13 nitrogen and oxygen atoms in total. The van der Waals surface area contributed by atoms with E-state index in [2.05, 4.69) is 19.8 Å². The number of nitrogens with zero attached hydrogens (tertiary/aromatic N) is 3. The minimum absolute atomic E-state index is 0.211. The molecule has 162 valence electrons. The smallest absolute Gasteiger partial charge is 0.387 e. The molecule has 1 saturated heterocycles. The highest BCUT2D eigenvalue weighted by molar-refractivity contribution is 7.46. The molecule has 2 aromatic heterocycles. The van der Waals surface area contributed by atoms with Crippen molar-refractivity contribution in [3.8, 4) is 0 Å². The number of nitrogens with one attached hydrogen (secondary N) is 2. The molecular formula is C15H25N5O8P+. The molecule has 6 N–H and O–H groups in total. The predicted molar refractivity (Wildman–Crippen MR) is 98.8 cm³/mol. The molecule has 0 saturated carbocycles. The van der Waals surface area contributed by atoms with Gasteiger partial charge < -0.3 is 30.1 Å². The normalized spacial score (nSPS) is 25.0. The number of aromatic nitrogens is 4. The highest BCUT2D eigenvalue weighted by Crippen LogP contribution is 2.37. The number of hydrogen-bond acceptors (Lipinski definition) is 8. The first-order valence-corrected chi connectivity index (χ1v) is 10.6. The lowest BCUT2D eigenvalue weighted by Gasteiger charge is -2.14. The van der Waals surface area contributed by atoms with Crippen molar-refractivity contribution < 1.29 is 38.4 Å². The number of ether oxygens (including phenoxy) is 1. The van der Waals surface area contributed by atoms with Crippen molar-refractivity contribution in [2.24, 2.45) is 7.05 Å². The Balaban J connectivity index is 1.92. The van der Waals surface area contributed by atoms with Gasteiger partial charge in [0.15, 0.2) is 6.33 Å². The minimum atomic E-state index is -4.77. The van der Waals surface area contributed by atoms with Crippen molar-refractivity contribution in [3.05, 3.63) is 16.7 Å².